The molecule has 0 fully saturated rings. The molecule has 2 aromatic carbocycles. The van der Waals surface area contributed by atoms with E-state index in [1.165, 1.54) is 6.07 Å². The van der Waals surface area contributed by atoms with Crippen LogP contribution >= 0.6 is 0 Å². The molecule has 2 rings (SSSR count). The zero-order valence-electron chi connectivity index (χ0n) is 11.3. The van der Waals surface area contributed by atoms with E-state index in [1.54, 1.807) is 18.2 Å². The molecule has 102 valence electrons. The van der Waals surface area contributed by atoms with E-state index in [0.29, 0.717) is 24.2 Å². The van der Waals surface area contributed by atoms with Gasteiger partial charge in [-0.05, 0) is 36.6 Å². The first-order chi connectivity index (χ1) is 9.70. The van der Waals surface area contributed by atoms with E-state index >= 15 is 0 Å². The van der Waals surface area contributed by atoms with Gasteiger partial charge in [-0.2, -0.15) is 5.26 Å². The summed E-state index contributed by atoms with van der Waals surface area (Å²) >= 11 is 0. The number of nitrogens with zero attached hydrogens (tertiary/aromatic N) is 1. The second-order valence-corrected chi connectivity index (χ2v) is 4.63. The molecular formula is C17H16FNO. The molecular weight excluding hydrogens is 253 g/mol. The van der Waals surface area contributed by atoms with Crippen molar-refractivity contribution in [1.82, 2.24) is 0 Å². The fourth-order valence-electron chi connectivity index (χ4n) is 1.98. The van der Waals surface area contributed by atoms with E-state index in [9.17, 15) is 4.39 Å². The zero-order chi connectivity index (χ0) is 14.4. The Labute approximate surface area is 118 Å². The molecule has 0 saturated heterocycles. The van der Waals surface area contributed by atoms with Gasteiger partial charge >= 0.3 is 0 Å². The van der Waals surface area contributed by atoms with Gasteiger partial charge < -0.3 is 4.74 Å². The molecule has 1 unspecified atom stereocenters. The van der Waals surface area contributed by atoms with Crippen molar-refractivity contribution in [1.29, 1.82) is 5.26 Å². The molecule has 0 aliphatic carbocycles. The number of benzene rings is 2. The summed E-state index contributed by atoms with van der Waals surface area (Å²) in [6, 6.07) is 16.3. The molecule has 0 saturated carbocycles. The van der Waals surface area contributed by atoms with Gasteiger partial charge in [-0.15, -0.1) is 0 Å². The Morgan fingerprint density at radius 2 is 1.85 bits per heavy atom. The minimum atomic E-state index is -0.573. The highest BCUT2D eigenvalue weighted by Crippen LogP contribution is 2.19. The Morgan fingerprint density at radius 1 is 1.15 bits per heavy atom. The van der Waals surface area contributed by atoms with E-state index in [-0.39, 0.29) is 5.82 Å². The van der Waals surface area contributed by atoms with Crippen molar-refractivity contribution in [3.63, 3.8) is 0 Å². The third kappa shape index (κ3) is 3.58. The lowest BCUT2D eigenvalue weighted by molar-refractivity contribution is 0.243. The van der Waals surface area contributed by atoms with Gasteiger partial charge in [-0.1, -0.05) is 36.4 Å². The highest BCUT2D eigenvalue weighted by atomic mass is 19.1. The molecule has 0 spiro atoms. The molecule has 0 amide bonds. The summed E-state index contributed by atoms with van der Waals surface area (Å²) in [5.41, 5.74) is 1.60. The summed E-state index contributed by atoms with van der Waals surface area (Å²) in [5, 5.41) is 9.16. The predicted octanol–water partition coefficient (Wildman–Crippen LogP) is 4.04. The van der Waals surface area contributed by atoms with Crippen molar-refractivity contribution in [3.05, 3.63) is 65.5 Å². The van der Waals surface area contributed by atoms with Gasteiger partial charge in [-0.3, -0.25) is 0 Å². The SMILES string of the molecule is Cc1ccccc1OC(C#N)CCc1ccccc1F. The smallest absolute Gasteiger partial charge is 0.184 e. The van der Waals surface area contributed by atoms with Gasteiger partial charge in [0.05, 0.1) is 0 Å². The van der Waals surface area contributed by atoms with Crippen LogP contribution in [0.15, 0.2) is 48.5 Å². The summed E-state index contributed by atoms with van der Waals surface area (Å²) in [6.07, 6.45) is 0.374. The zero-order valence-corrected chi connectivity index (χ0v) is 11.3. The molecule has 0 heterocycles. The Hall–Kier alpha value is -2.34. The van der Waals surface area contributed by atoms with Crippen molar-refractivity contribution >= 4 is 0 Å². The maximum absolute atomic E-state index is 13.5. The van der Waals surface area contributed by atoms with Crippen LogP contribution in [0.4, 0.5) is 4.39 Å². The van der Waals surface area contributed by atoms with Crippen molar-refractivity contribution < 1.29 is 9.13 Å². The Kier molecular flexibility index (Phi) is 4.73. The van der Waals surface area contributed by atoms with Gasteiger partial charge in [0, 0.05) is 6.42 Å². The maximum Gasteiger partial charge on any atom is 0.184 e. The number of ether oxygens (including phenoxy) is 1. The van der Waals surface area contributed by atoms with Crippen LogP contribution in [0, 0.1) is 24.1 Å². The van der Waals surface area contributed by atoms with E-state index in [4.69, 9.17) is 10.00 Å². The second-order valence-electron chi connectivity index (χ2n) is 4.63. The largest absolute Gasteiger partial charge is 0.475 e. The van der Waals surface area contributed by atoms with Gasteiger partial charge in [0.1, 0.15) is 17.6 Å². The summed E-state index contributed by atoms with van der Waals surface area (Å²) in [6.45, 7) is 1.93. The monoisotopic (exact) mass is 269 g/mol. The molecule has 0 N–H and O–H groups in total. The van der Waals surface area contributed by atoms with E-state index in [2.05, 4.69) is 6.07 Å². The first-order valence-corrected chi connectivity index (χ1v) is 6.56. The van der Waals surface area contributed by atoms with Crippen LogP contribution in [0.3, 0.4) is 0 Å². The molecule has 0 aliphatic rings. The Morgan fingerprint density at radius 3 is 2.55 bits per heavy atom. The fourth-order valence-corrected chi connectivity index (χ4v) is 1.98. The van der Waals surface area contributed by atoms with Crippen LogP contribution in [0.2, 0.25) is 0 Å². The molecule has 20 heavy (non-hydrogen) atoms. The first-order valence-electron chi connectivity index (χ1n) is 6.56. The Balaban J connectivity index is 1.99. The molecule has 2 aromatic rings. The molecule has 1 atom stereocenters. The summed E-state index contributed by atoms with van der Waals surface area (Å²) in [4.78, 5) is 0. The summed E-state index contributed by atoms with van der Waals surface area (Å²) in [7, 11) is 0. The average Bonchev–Trinajstić information content (AvgIpc) is 2.47. The van der Waals surface area contributed by atoms with Crippen molar-refractivity contribution in [2.24, 2.45) is 0 Å². The number of rotatable bonds is 5. The molecule has 0 bridgehead atoms. The van der Waals surface area contributed by atoms with Gasteiger partial charge in [0.2, 0.25) is 0 Å². The molecule has 0 aromatic heterocycles. The van der Waals surface area contributed by atoms with Crippen LogP contribution in [-0.2, 0) is 6.42 Å². The van der Waals surface area contributed by atoms with E-state index in [0.717, 1.165) is 5.56 Å². The molecule has 0 aliphatic heterocycles. The quantitative estimate of drug-likeness (QED) is 0.820. The van der Waals surface area contributed by atoms with E-state index < -0.39 is 6.10 Å². The van der Waals surface area contributed by atoms with Crippen LogP contribution in [0.5, 0.6) is 5.75 Å². The van der Waals surface area contributed by atoms with Crippen molar-refractivity contribution in [2.45, 2.75) is 25.9 Å². The van der Waals surface area contributed by atoms with Gasteiger partial charge in [0.25, 0.3) is 0 Å². The van der Waals surface area contributed by atoms with E-state index in [1.807, 2.05) is 31.2 Å². The van der Waals surface area contributed by atoms with Crippen molar-refractivity contribution in [2.75, 3.05) is 0 Å². The van der Waals surface area contributed by atoms with Crippen molar-refractivity contribution in [3.8, 4) is 11.8 Å². The highest BCUT2D eigenvalue weighted by molar-refractivity contribution is 5.32. The van der Waals surface area contributed by atoms with Crippen LogP contribution in [0.1, 0.15) is 17.5 Å². The van der Waals surface area contributed by atoms with Crippen LogP contribution < -0.4 is 4.74 Å². The summed E-state index contributed by atoms with van der Waals surface area (Å²) < 4.78 is 19.2. The predicted molar refractivity (Wildman–Crippen MR) is 75.9 cm³/mol. The van der Waals surface area contributed by atoms with Gasteiger partial charge in [-0.25, -0.2) is 4.39 Å². The molecule has 3 heteroatoms. The minimum Gasteiger partial charge on any atom is -0.475 e. The number of halogens is 1. The van der Waals surface area contributed by atoms with Crippen LogP contribution in [-0.4, -0.2) is 6.10 Å². The number of hydrogen-bond donors (Lipinski definition) is 0. The lowest BCUT2D eigenvalue weighted by atomic mass is 10.1. The molecule has 0 radical (unpaired) electrons. The topological polar surface area (TPSA) is 33.0 Å². The summed E-state index contributed by atoms with van der Waals surface area (Å²) in [5.74, 6) is 0.465. The average molecular weight is 269 g/mol. The number of hydrogen-bond acceptors (Lipinski definition) is 2. The fraction of sp³-hybridized carbons (Fsp3) is 0.235. The standard InChI is InChI=1S/C17H16FNO/c1-13-6-2-5-9-17(13)20-15(12-19)11-10-14-7-3-4-8-16(14)18/h2-9,15H,10-11H2,1H3. The number of para-hydroxylation sites is 1. The Bertz CT molecular complexity index is 618. The lowest BCUT2D eigenvalue weighted by Gasteiger charge is -2.14. The maximum atomic E-state index is 13.5. The third-order valence-electron chi connectivity index (χ3n) is 3.14. The number of nitriles is 1. The number of aryl methyl sites for hydroxylation is 2. The lowest BCUT2D eigenvalue weighted by Crippen LogP contribution is -2.16. The molecule has 2 nitrogen and oxygen atoms in total. The van der Waals surface area contributed by atoms with Gasteiger partial charge in [0.15, 0.2) is 6.10 Å². The highest BCUT2D eigenvalue weighted by Gasteiger charge is 2.12. The second kappa shape index (κ2) is 6.72. The normalized spacial score (nSPS) is 11.7. The minimum absolute atomic E-state index is 0.236. The third-order valence-corrected chi connectivity index (χ3v) is 3.14. The first kappa shape index (κ1) is 14.1. The van der Waals surface area contributed by atoms with Crippen LogP contribution in [0.25, 0.3) is 0 Å².